The van der Waals surface area contributed by atoms with Crippen LogP contribution >= 0.6 is 11.8 Å². The summed E-state index contributed by atoms with van der Waals surface area (Å²) in [5, 5.41) is 18.2. The fourth-order valence-electron chi connectivity index (χ4n) is 3.07. The summed E-state index contributed by atoms with van der Waals surface area (Å²) in [7, 11) is 0. The number of hydrogen-bond donors (Lipinski definition) is 0. The molecule has 0 aliphatic heterocycles. The van der Waals surface area contributed by atoms with Crippen molar-refractivity contribution in [2.45, 2.75) is 36.9 Å². The molecule has 0 amide bonds. The quantitative estimate of drug-likeness (QED) is 0.239. The number of unbranched alkanes of at least 4 members (excludes halogenated alkanes) is 1. The summed E-state index contributed by atoms with van der Waals surface area (Å²) in [6, 6.07) is 10.0. The van der Waals surface area contributed by atoms with Gasteiger partial charge in [-0.1, -0.05) is 17.8 Å². The minimum atomic E-state index is -5.00. The van der Waals surface area contributed by atoms with Gasteiger partial charge in [0.1, 0.15) is 0 Å². The highest BCUT2D eigenvalue weighted by molar-refractivity contribution is 7.99. The summed E-state index contributed by atoms with van der Waals surface area (Å²) in [4.78, 5) is 4.40. The van der Waals surface area contributed by atoms with Gasteiger partial charge in [-0.25, -0.2) is 4.98 Å². The van der Waals surface area contributed by atoms with E-state index in [1.807, 2.05) is 12.1 Å². The third kappa shape index (κ3) is 5.17. The van der Waals surface area contributed by atoms with Crippen molar-refractivity contribution in [3.63, 3.8) is 0 Å². The first-order valence-electron chi connectivity index (χ1n) is 9.22. The Kier molecular flexibility index (Phi) is 6.70. The Hall–Kier alpha value is -3.18. The van der Waals surface area contributed by atoms with E-state index in [1.54, 1.807) is 6.07 Å². The lowest BCUT2D eigenvalue weighted by Crippen LogP contribution is -2.15. The van der Waals surface area contributed by atoms with Gasteiger partial charge in [-0.05, 0) is 42.3 Å². The number of hydrogen-bond acceptors (Lipinski definition) is 4. The molecular weight excluding hydrogens is 454 g/mol. The smallest absolute Gasteiger partial charge is 0.314 e. The molecule has 0 saturated carbocycles. The predicted octanol–water partition coefficient (Wildman–Crippen LogP) is 6.39. The van der Waals surface area contributed by atoms with Gasteiger partial charge < -0.3 is 4.57 Å². The number of rotatable bonds is 6. The second-order valence-electron chi connectivity index (χ2n) is 6.77. The van der Waals surface area contributed by atoms with E-state index >= 15 is 0 Å². The Morgan fingerprint density at radius 3 is 2.34 bits per heavy atom. The Bertz CT molecular complexity index is 1210. The van der Waals surface area contributed by atoms with Gasteiger partial charge in [0.25, 0.3) is 0 Å². The molecule has 3 rings (SSSR count). The minimum absolute atomic E-state index is 0.106. The van der Waals surface area contributed by atoms with Gasteiger partial charge in [0, 0.05) is 12.2 Å². The average molecular weight is 468 g/mol. The molecule has 0 radical (unpaired) electrons. The highest BCUT2D eigenvalue weighted by Gasteiger charge is 2.38. The number of aromatic nitrogens is 2. The molecular formula is C21H14F6N4S. The Balaban J connectivity index is 2.10. The van der Waals surface area contributed by atoms with Crippen LogP contribution in [0.15, 0.2) is 41.6 Å². The van der Waals surface area contributed by atoms with Gasteiger partial charge in [0.05, 0.1) is 46.4 Å². The van der Waals surface area contributed by atoms with Crippen molar-refractivity contribution < 1.29 is 26.3 Å². The van der Waals surface area contributed by atoms with Gasteiger partial charge in [0.15, 0.2) is 5.16 Å². The lowest BCUT2D eigenvalue weighted by atomic mass is 10.0. The third-order valence-electron chi connectivity index (χ3n) is 4.58. The van der Waals surface area contributed by atoms with Crippen molar-refractivity contribution in [2.75, 3.05) is 5.75 Å². The molecule has 1 heterocycles. The van der Waals surface area contributed by atoms with E-state index < -0.39 is 23.5 Å². The molecule has 0 spiro atoms. The zero-order valence-electron chi connectivity index (χ0n) is 16.3. The van der Waals surface area contributed by atoms with Gasteiger partial charge in [-0.15, -0.1) is 0 Å². The summed E-state index contributed by atoms with van der Waals surface area (Å²) < 4.78 is 81.2. The van der Waals surface area contributed by atoms with Gasteiger partial charge in [-0.3, -0.25) is 0 Å². The molecule has 0 atom stereocenters. The third-order valence-corrected chi connectivity index (χ3v) is 5.64. The number of fused-ring (bicyclic) bond motifs is 1. The predicted molar refractivity (Wildman–Crippen MR) is 106 cm³/mol. The van der Waals surface area contributed by atoms with E-state index in [0.717, 1.165) is 6.07 Å². The lowest BCUT2D eigenvalue weighted by Gasteiger charge is -2.17. The first-order valence-corrected chi connectivity index (χ1v) is 10.2. The summed E-state index contributed by atoms with van der Waals surface area (Å²) in [5.74, 6) is 0.473. The van der Waals surface area contributed by atoms with Crippen molar-refractivity contribution in [3.05, 3.63) is 58.7 Å². The summed E-state index contributed by atoms with van der Waals surface area (Å²) in [6.45, 7) is -0.390. The van der Waals surface area contributed by atoms with E-state index in [9.17, 15) is 31.6 Å². The number of alkyl halides is 6. The van der Waals surface area contributed by atoms with Crippen molar-refractivity contribution in [1.29, 1.82) is 10.5 Å². The molecule has 1 aromatic heterocycles. The molecule has 0 N–H and O–H groups in total. The van der Waals surface area contributed by atoms with Crippen LogP contribution in [0.3, 0.4) is 0 Å². The summed E-state index contributed by atoms with van der Waals surface area (Å²) >= 11 is 1.22. The monoisotopic (exact) mass is 468 g/mol. The number of thioether (sulfide) groups is 1. The molecule has 0 aliphatic carbocycles. The molecule has 166 valence electrons. The first kappa shape index (κ1) is 23.5. The second-order valence-corrected chi connectivity index (χ2v) is 7.84. The number of nitriles is 2. The fraction of sp³-hybridized carbons (Fsp3) is 0.286. The molecule has 2 aromatic carbocycles. The maximum atomic E-state index is 13.6. The molecule has 0 saturated heterocycles. The second kappa shape index (κ2) is 9.13. The molecule has 0 unspecified atom stereocenters. The minimum Gasteiger partial charge on any atom is -0.314 e. The number of nitrogens with zero attached hydrogens (tertiary/aromatic N) is 4. The Morgan fingerprint density at radius 1 is 0.969 bits per heavy atom. The molecule has 0 bridgehead atoms. The summed E-state index contributed by atoms with van der Waals surface area (Å²) in [6.07, 6.45) is -9.08. The van der Waals surface area contributed by atoms with Gasteiger partial charge in [-0.2, -0.15) is 36.9 Å². The van der Waals surface area contributed by atoms with Crippen LogP contribution in [-0.4, -0.2) is 15.3 Å². The van der Waals surface area contributed by atoms with E-state index in [2.05, 4.69) is 4.98 Å². The molecule has 0 aliphatic rings. The SMILES string of the molecule is N#CCCCSc1nc2ccc(C#N)cc2n1Cc1ccc(C(F)(F)F)cc1C(F)(F)F. The molecule has 4 nitrogen and oxygen atoms in total. The van der Waals surface area contributed by atoms with Crippen LogP contribution in [0.25, 0.3) is 11.0 Å². The number of benzene rings is 2. The molecule has 3 aromatic rings. The van der Waals surface area contributed by atoms with Crippen LogP contribution in [0.4, 0.5) is 26.3 Å². The molecule has 0 fully saturated rings. The first-order chi connectivity index (χ1) is 15.0. The maximum Gasteiger partial charge on any atom is 0.416 e. The molecule has 11 heteroatoms. The largest absolute Gasteiger partial charge is 0.416 e. The zero-order valence-corrected chi connectivity index (χ0v) is 17.1. The van der Waals surface area contributed by atoms with Crippen molar-refractivity contribution in [2.24, 2.45) is 0 Å². The van der Waals surface area contributed by atoms with Gasteiger partial charge in [0.2, 0.25) is 0 Å². The molecule has 32 heavy (non-hydrogen) atoms. The van der Waals surface area contributed by atoms with Gasteiger partial charge >= 0.3 is 12.4 Å². The van der Waals surface area contributed by atoms with Crippen LogP contribution in [0.2, 0.25) is 0 Å². The Morgan fingerprint density at radius 2 is 1.72 bits per heavy atom. The van der Waals surface area contributed by atoms with Crippen LogP contribution in [-0.2, 0) is 18.9 Å². The van der Waals surface area contributed by atoms with Crippen molar-refractivity contribution >= 4 is 22.8 Å². The topological polar surface area (TPSA) is 65.4 Å². The van der Waals surface area contributed by atoms with E-state index in [-0.39, 0.29) is 23.7 Å². The summed E-state index contributed by atoms with van der Waals surface area (Å²) in [5.41, 5.74) is -2.03. The standard InChI is InChI=1S/C21H14F6N4S/c22-20(23,24)15-5-4-14(16(10-15)21(25,26)27)12-31-18-9-13(11-29)3-6-17(18)30-19(31)32-8-2-1-7-28/h3-6,9-10H,1-2,8,12H2. The van der Waals surface area contributed by atoms with E-state index in [1.165, 1.54) is 28.5 Å². The van der Waals surface area contributed by atoms with Crippen molar-refractivity contribution in [3.8, 4) is 12.1 Å². The van der Waals surface area contributed by atoms with Crippen LogP contribution < -0.4 is 0 Å². The van der Waals surface area contributed by atoms with E-state index in [4.69, 9.17) is 5.26 Å². The van der Waals surface area contributed by atoms with Crippen LogP contribution in [0.5, 0.6) is 0 Å². The number of imidazole rings is 1. The highest BCUT2D eigenvalue weighted by atomic mass is 32.2. The van der Waals surface area contributed by atoms with E-state index in [0.29, 0.717) is 40.9 Å². The Labute approximate surface area is 183 Å². The lowest BCUT2D eigenvalue weighted by molar-refractivity contribution is -0.143. The fourth-order valence-corrected chi connectivity index (χ4v) is 4.03. The average Bonchev–Trinajstić information content (AvgIpc) is 3.06. The van der Waals surface area contributed by atoms with Crippen molar-refractivity contribution in [1.82, 2.24) is 9.55 Å². The number of halogens is 6. The zero-order chi connectivity index (χ0) is 23.5. The van der Waals surface area contributed by atoms with Crippen LogP contribution in [0.1, 0.15) is 35.1 Å². The highest BCUT2D eigenvalue weighted by Crippen LogP contribution is 2.38. The van der Waals surface area contributed by atoms with Crippen LogP contribution in [0, 0.1) is 22.7 Å². The normalized spacial score (nSPS) is 12.0. The maximum absolute atomic E-state index is 13.6.